The van der Waals surface area contributed by atoms with Gasteiger partial charge in [0.15, 0.2) is 0 Å². The Hall–Kier alpha value is -4.50. The fourth-order valence-corrected chi connectivity index (χ4v) is 5.60. The van der Waals surface area contributed by atoms with Crippen LogP contribution in [0.25, 0.3) is 10.8 Å². The molecule has 0 bridgehead atoms. The highest BCUT2D eigenvalue weighted by Gasteiger charge is 2.37. The van der Waals surface area contributed by atoms with E-state index in [4.69, 9.17) is 0 Å². The number of carbonyl (C=O) groups excluding carboxylic acids is 3. The Balaban J connectivity index is 1.28. The van der Waals surface area contributed by atoms with E-state index in [0.717, 1.165) is 42.7 Å². The number of hydrogen-bond donors (Lipinski definition) is 1. The van der Waals surface area contributed by atoms with Crippen molar-refractivity contribution in [3.05, 3.63) is 113 Å². The van der Waals surface area contributed by atoms with Crippen molar-refractivity contribution in [2.75, 3.05) is 31.1 Å². The normalized spacial score (nSPS) is 16.1. The zero-order valence-corrected chi connectivity index (χ0v) is 21.4. The summed E-state index contributed by atoms with van der Waals surface area (Å²) >= 11 is 0. The number of halogens is 3. The molecule has 0 aliphatic carbocycles. The summed E-state index contributed by atoms with van der Waals surface area (Å²) in [4.78, 5) is 44.5. The summed E-state index contributed by atoms with van der Waals surface area (Å²) < 4.78 is 40.0. The first-order chi connectivity index (χ1) is 19.2. The van der Waals surface area contributed by atoms with E-state index in [1.54, 1.807) is 23.1 Å². The fourth-order valence-electron chi connectivity index (χ4n) is 5.60. The van der Waals surface area contributed by atoms with Crippen molar-refractivity contribution < 1.29 is 32.5 Å². The van der Waals surface area contributed by atoms with Crippen LogP contribution in [0.5, 0.6) is 0 Å². The smallest absolute Gasteiger partial charge is 0.328 e. The van der Waals surface area contributed by atoms with Crippen LogP contribution >= 0.6 is 0 Å². The van der Waals surface area contributed by atoms with E-state index >= 15 is 0 Å². The lowest BCUT2D eigenvalue weighted by Crippen LogP contribution is -3.13. The van der Waals surface area contributed by atoms with E-state index in [2.05, 4.69) is 12.1 Å². The Morgan fingerprint density at radius 2 is 1.48 bits per heavy atom. The van der Waals surface area contributed by atoms with Crippen LogP contribution in [-0.2, 0) is 12.7 Å². The maximum atomic E-state index is 13.6. The van der Waals surface area contributed by atoms with Crippen LogP contribution in [0, 0.1) is 0 Å². The van der Waals surface area contributed by atoms with Gasteiger partial charge in [0, 0.05) is 27.6 Å². The largest absolute Gasteiger partial charge is 0.416 e. The van der Waals surface area contributed by atoms with Crippen molar-refractivity contribution in [1.82, 2.24) is 4.90 Å². The van der Waals surface area contributed by atoms with E-state index < -0.39 is 23.6 Å². The van der Waals surface area contributed by atoms with Crippen molar-refractivity contribution >= 4 is 34.2 Å². The molecule has 1 N–H and O–H groups in total. The fraction of sp³-hybridized carbons (Fsp3) is 0.194. The zero-order chi connectivity index (χ0) is 28.0. The average Bonchev–Trinajstić information content (AvgIpc) is 2.96. The van der Waals surface area contributed by atoms with E-state index in [-0.39, 0.29) is 22.7 Å². The standard InChI is InChI=1S/C31H24F3N3O3/c32-31(33,34)21-8-4-9-22(18-21)37-29(39)25-11-5-10-23-24(12-13-26(27(23)25)30(37)40)28(38)36-16-14-35(15-17-36)19-20-6-2-1-3-7-20/h1-13,18H,14-17,19H2/p+1. The highest BCUT2D eigenvalue weighted by molar-refractivity contribution is 6.36. The lowest BCUT2D eigenvalue weighted by molar-refractivity contribution is -0.917. The topological polar surface area (TPSA) is 62.1 Å². The molecule has 0 unspecified atom stereocenters. The molecule has 6 nitrogen and oxygen atoms in total. The average molecular weight is 545 g/mol. The predicted octanol–water partition coefficient (Wildman–Crippen LogP) is 4.20. The van der Waals surface area contributed by atoms with Crippen LogP contribution in [0.2, 0.25) is 0 Å². The predicted molar refractivity (Wildman–Crippen MR) is 143 cm³/mol. The minimum absolute atomic E-state index is 0.163. The third kappa shape index (κ3) is 4.52. The third-order valence-electron chi connectivity index (χ3n) is 7.62. The molecule has 1 saturated heterocycles. The maximum absolute atomic E-state index is 13.6. The number of anilines is 1. The van der Waals surface area contributed by atoms with Crippen molar-refractivity contribution in [2.45, 2.75) is 12.7 Å². The third-order valence-corrected chi connectivity index (χ3v) is 7.62. The monoisotopic (exact) mass is 544 g/mol. The number of alkyl halides is 3. The van der Waals surface area contributed by atoms with Crippen LogP contribution in [0.15, 0.2) is 84.9 Å². The van der Waals surface area contributed by atoms with Crippen molar-refractivity contribution in [3.8, 4) is 0 Å². The Morgan fingerprint density at radius 3 is 2.17 bits per heavy atom. The second-order valence-corrected chi connectivity index (χ2v) is 10.1. The minimum atomic E-state index is -4.63. The van der Waals surface area contributed by atoms with Gasteiger partial charge in [0.2, 0.25) is 0 Å². The summed E-state index contributed by atoms with van der Waals surface area (Å²) in [5.41, 5.74) is 0.840. The molecule has 2 aliphatic rings. The molecule has 1 fully saturated rings. The molecule has 0 radical (unpaired) electrons. The van der Waals surface area contributed by atoms with Gasteiger partial charge in [0.25, 0.3) is 17.7 Å². The van der Waals surface area contributed by atoms with Gasteiger partial charge in [-0.05, 0) is 41.8 Å². The van der Waals surface area contributed by atoms with Crippen molar-refractivity contribution in [2.24, 2.45) is 0 Å². The quantitative estimate of drug-likeness (QED) is 0.392. The summed E-state index contributed by atoms with van der Waals surface area (Å²) in [5.74, 6) is -1.64. The molecule has 0 atom stereocenters. The van der Waals surface area contributed by atoms with Gasteiger partial charge in [0.1, 0.15) is 6.54 Å². The molecule has 2 heterocycles. The SMILES string of the molecule is O=C(c1ccc2c3c(cccc13)C(=O)N(c1cccc(C(F)(F)F)c1)C2=O)N1CC[NH+](Cc2ccccc2)CC1. The Kier molecular flexibility index (Phi) is 6.38. The van der Waals surface area contributed by atoms with Crippen LogP contribution in [0.1, 0.15) is 42.2 Å². The molecule has 0 aromatic heterocycles. The van der Waals surface area contributed by atoms with Gasteiger partial charge in [-0.25, -0.2) is 4.90 Å². The molecule has 202 valence electrons. The van der Waals surface area contributed by atoms with Gasteiger partial charge < -0.3 is 9.80 Å². The first kappa shape index (κ1) is 25.8. The number of piperazine rings is 1. The second kappa shape index (κ2) is 9.91. The zero-order valence-electron chi connectivity index (χ0n) is 21.4. The lowest BCUT2D eigenvalue weighted by Gasteiger charge is -2.33. The van der Waals surface area contributed by atoms with Gasteiger partial charge in [0.05, 0.1) is 37.4 Å². The maximum Gasteiger partial charge on any atom is 0.416 e. The number of nitrogens with zero attached hydrogens (tertiary/aromatic N) is 2. The number of carbonyl (C=O) groups is 3. The molecule has 4 aromatic carbocycles. The molecular formula is C31H25F3N3O3+. The second-order valence-electron chi connectivity index (χ2n) is 10.1. The summed E-state index contributed by atoms with van der Waals surface area (Å²) in [5, 5.41) is 0.823. The lowest BCUT2D eigenvalue weighted by atomic mass is 9.90. The number of nitrogens with one attached hydrogen (secondary N) is 1. The number of amides is 3. The van der Waals surface area contributed by atoms with Gasteiger partial charge in [-0.15, -0.1) is 0 Å². The van der Waals surface area contributed by atoms with Crippen LogP contribution in [-0.4, -0.2) is 48.8 Å². The van der Waals surface area contributed by atoms with Crippen LogP contribution in [0.3, 0.4) is 0 Å². The number of rotatable bonds is 4. The van der Waals surface area contributed by atoms with Gasteiger partial charge in [-0.1, -0.05) is 48.5 Å². The van der Waals surface area contributed by atoms with Gasteiger partial charge in [-0.2, -0.15) is 13.2 Å². The van der Waals surface area contributed by atoms with Crippen LogP contribution < -0.4 is 9.80 Å². The van der Waals surface area contributed by atoms with E-state index in [1.165, 1.54) is 28.7 Å². The van der Waals surface area contributed by atoms with Gasteiger partial charge >= 0.3 is 6.18 Å². The molecule has 3 amide bonds. The summed E-state index contributed by atoms with van der Waals surface area (Å²) in [6.07, 6.45) is -4.63. The number of imide groups is 1. The highest BCUT2D eigenvalue weighted by atomic mass is 19.4. The van der Waals surface area contributed by atoms with Gasteiger partial charge in [-0.3, -0.25) is 14.4 Å². The molecule has 4 aromatic rings. The molecule has 0 spiro atoms. The highest BCUT2D eigenvalue weighted by Crippen LogP contribution is 2.37. The first-order valence-electron chi connectivity index (χ1n) is 13.0. The molecule has 6 rings (SSSR count). The molecular weight excluding hydrogens is 519 g/mol. The number of hydrogen-bond acceptors (Lipinski definition) is 3. The molecule has 0 saturated carbocycles. The van der Waals surface area contributed by atoms with Crippen molar-refractivity contribution in [3.63, 3.8) is 0 Å². The summed E-state index contributed by atoms with van der Waals surface area (Å²) in [6, 6.07) is 22.3. The van der Waals surface area contributed by atoms with Crippen LogP contribution in [0.4, 0.5) is 18.9 Å². The van der Waals surface area contributed by atoms with Crippen molar-refractivity contribution in [1.29, 1.82) is 0 Å². The Bertz CT molecular complexity index is 1620. The van der Waals surface area contributed by atoms with E-state index in [9.17, 15) is 27.6 Å². The molecule has 2 aliphatic heterocycles. The first-order valence-corrected chi connectivity index (χ1v) is 13.0. The van der Waals surface area contributed by atoms with E-state index in [1.807, 2.05) is 18.2 Å². The minimum Gasteiger partial charge on any atom is -0.328 e. The molecule has 40 heavy (non-hydrogen) atoms. The summed E-state index contributed by atoms with van der Waals surface area (Å²) in [7, 11) is 0. The number of quaternary nitrogens is 1. The summed E-state index contributed by atoms with van der Waals surface area (Å²) in [6.45, 7) is 3.63. The van der Waals surface area contributed by atoms with E-state index in [0.29, 0.717) is 29.4 Å². The molecule has 9 heteroatoms. The number of benzene rings is 4. The Morgan fingerprint density at radius 1 is 0.800 bits per heavy atom. The Labute approximate surface area is 228 Å².